The van der Waals surface area contributed by atoms with Crippen molar-refractivity contribution in [3.8, 4) is 0 Å². The van der Waals surface area contributed by atoms with Gasteiger partial charge in [-0.3, -0.25) is 10.00 Å². The van der Waals surface area contributed by atoms with Crippen LogP contribution < -0.4 is 0 Å². The van der Waals surface area contributed by atoms with Crippen molar-refractivity contribution in [1.82, 2.24) is 20.1 Å². The summed E-state index contributed by atoms with van der Waals surface area (Å²) < 4.78 is 6.17. The number of nitrogens with one attached hydrogen (secondary N) is 1. The molecule has 4 heterocycles. The maximum Gasteiger partial charge on any atom is 0.179 e. The first-order valence-electron chi connectivity index (χ1n) is 7.49. The quantitative estimate of drug-likeness (QED) is 0.946. The first kappa shape index (κ1) is 13.4. The number of H-pyrrole nitrogens is 1. The standard InChI is InChI=1S/C15H20N4OS/c1-9-3-4-12(21-9)7-19-6-11-5-13(20-14(11)8-19)15-16-10(2)17-18-15/h3-4,11,13-14H,5-8H2,1-2H3,(H,16,17,18)/t11-,13+,14+/m1/s1. The van der Waals surface area contributed by atoms with Gasteiger partial charge >= 0.3 is 0 Å². The molecule has 0 aliphatic carbocycles. The number of aromatic amines is 1. The average Bonchev–Trinajstić information content (AvgIpc) is 3.14. The highest BCUT2D eigenvalue weighted by atomic mass is 32.1. The number of hydrogen-bond donors (Lipinski definition) is 1. The summed E-state index contributed by atoms with van der Waals surface area (Å²) in [7, 11) is 0. The topological polar surface area (TPSA) is 54.0 Å². The highest BCUT2D eigenvalue weighted by Crippen LogP contribution is 2.40. The summed E-state index contributed by atoms with van der Waals surface area (Å²) in [5, 5.41) is 7.15. The Morgan fingerprint density at radius 1 is 1.38 bits per heavy atom. The summed E-state index contributed by atoms with van der Waals surface area (Å²) in [6.07, 6.45) is 1.47. The maximum atomic E-state index is 6.17. The molecule has 2 fully saturated rings. The SMILES string of the molecule is Cc1nc([C@@H]2C[C@@H]3CN(Cc4ccc(C)s4)C[C@@H]3O2)n[nH]1. The van der Waals surface area contributed by atoms with Gasteiger partial charge in [0.2, 0.25) is 0 Å². The lowest BCUT2D eigenvalue weighted by Crippen LogP contribution is -2.23. The monoisotopic (exact) mass is 304 g/mol. The summed E-state index contributed by atoms with van der Waals surface area (Å²) in [5.41, 5.74) is 0. The van der Waals surface area contributed by atoms with Gasteiger partial charge in [-0.25, -0.2) is 4.98 Å². The third kappa shape index (κ3) is 2.63. The van der Waals surface area contributed by atoms with Gasteiger partial charge in [0.1, 0.15) is 11.9 Å². The highest BCUT2D eigenvalue weighted by molar-refractivity contribution is 7.11. The number of aromatic nitrogens is 3. The molecule has 0 bridgehead atoms. The van der Waals surface area contributed by atoms with E-state index < -0.39 is 0 Å². The number of thiophene rings is 1. The average molecular weight is 304 g/mol. The zero-order valence-electron chi connectivity index (χ0n) is 12.4. The molecule has 3 atom stereocenters. The van der Waals surface area contributed by atoms with Gasteiger partial charge in [0, 0.05) is 35.3 Å². The summed E-state index contributed by atoms with van der Waals surface area (Å²) in [6, 6.07) is 4.45. The van der Waals surface area contributed by atoms with Crippen LogP contribution in [0.15, 0.2) is 12.1 Å². The van der Waals surface area contributed by atoms with E-state index >= 15 is 0 Å². The van der Waals surface area contributed by atoms with Crippen LogP contribution >= 0.6 is 11.3 Å². The molecule has 2 aliphatic heterocycles. The molecule has 0 aromatic carbocycles. The maximum absolute atomic E-state index is 6.17. The molecule has 2 aromatic heterocycles. The molecule has 0 radical (unpaired) electrons. The summed E-state index contributed by atoms with van der Waals surface area (Å²) in [6.45, 7) is 7.30. The summed E-state index contributed by atoms with van der Waals surface area (Å²) >= 11 is 1.90. The largest absolute Gasteiger partial charge is 0.365 e. The normalized spacial score (nSPS) is 29.1. The molecule has 2 aromatic rings. The van der Waals surface area contributed by atoms with Gasteiger partial charge in [-0.1, -0.05) is 0 Å². The number of hydrogen-bond acceptors (Lipinski definition) is 5. The minimum Gasteiger partial charge on any atom is -0.365 e. The molecule has 0 unspecified atom stereocenters. The Morgan fingerprint density at radius 2 is 2.29 bits per heavy atom. The predicted molar refractivity (Wildman–Crippen MR) is 81.2 cm³/mol. The molecule has 2 aliphatic rings. The van der Waals surface area contributed by atoms with Crippen molar-refractivity contribution in [2.75, 3.05) is 13.1 Å². The van der Waals surface area contributed by atoms with Crippen LogP contribution in [0, 0.1) is 19.8 Å². The van der Waals surface area contributed by atoms with E-state index in [-0.39, 0.29) is 6.10 Å². The van der Waals surface area contributed by atoms with Crippen LogP contribution in [0.1, 0.15) is 33.9 Å². The third-order valence-corrected chi connectivity index (χ3v) is 5.38. The van der Waals surface area contributed by atoms with E-state index in [1.54, 1.807) is 0 Å². The number of nitrogens with zero attached hydrogens (tertiary/aromatic N) is 3. The molecular weight excluding hydrogens is 284 g/mol. The van der Waals surface area contributed by atoms with Crippen molar-refractivity contribution in [3.05, 3.63) is 33.5 Å². The van der Waals surface area contributed by atoms with Crippen molar-refractivity contribution in [2.24, 2.45) is 5.92 Å². The minimum absolute atomic E-state index is 0.0797. The second-order valence-corrected chi connectivity index (χ2v) is 7.52. The van der Waals surface area contributed by atoms with Gasteiger partial charge in [-0.2, -0.15) is 5.10 Å². The molecule has 112 valence electrons. The summed E-state index contributed by atoms with van der Waals surface area (Å²) in [4.78, 5) is 9.76. The van der Waals surface area contributed by atoms with Crippen LogP contribution in [0.5, 0.6) is 0 Å². The highest BCUT2D eigenvalue weighted by Gasteiger charge is 2.43. The minimum atomic E-state index is 0.0797. The van der Waals surface area contributed by atoms with Crippen LogP contribution in [0.3, 0.4) is 0 Å². The molecule has 5 nitrogen and oxygen atoms in total. The number of aryl methyl sites for hydroxylation is 2. The van der Waals surface area contributed by atoms with Crippen LogP contribution in [-0.2, 0) is 11.3 Å². The van der Waals surface area contributed by atoms with Gasteiger partial charge in [0.25, 0.3) is 0 Å². The van der Waals surface area contributed by atoms with E-state index in [9.17, 15) is 0 Å². The van der Waals surface area contributed by atoms with Crippen molar-refractivity contribution in [1.29, 1.82) is 0 Å². The number of ether oxygens (including phenoxy) is 1. The van der Waals surface area contributed by atoms with E-state index in [1.165, 1.54) is 9.75 Å². The Kier molecular flexibility index (Phi) is 3.32. The molecule has 1 N–H and O–H groups in total. The fourth-order valence-corrected chi connectivity index (χ4v) is 4.37. The first-order valence-corrected chi connectivity index (χ1v) is 8.31. The summed E-state index contributed by atoms with van der Waals surface area (Å²) in [5.74, 6) is 2.30. The van der Waals surface area contributed by atoms with E-state index in [2.05, 4.69) is 39.1 Å². The number of likely N-dealkylation sites (tertiary alicyclic amines) is 1. The van der Waals surface area contributed by atoms with E-state index in [0.29, 0.717) is 12.0 Å². The number of fused-ring (bicyclic) bond motifs is 1. The zero-order chi connectivity index (χ0) is 14.4. The first-order chi connectivity index (χ1) is 10.2. The second-order valence-electron chi connectivity index (χ2n) is 6.14. The van der Waals surface area contributed by atoms with E-state index in [4.69, 9.17) is 4.74 Å². The predicted octanol–water partition coefficient (Wildman–Crippen LogP) is 2.45. The van der Waals surface area contributed by atoms with Crippen LogP contribution in [-0.4, -0.2) is 39.3 Å². The van der Waals surface area contributed by atoms with Gasteiger partial charge in [0.15, 0.2) is 5.82 Å². The van der Waals surface area contributed by atoms with Crippen molar-refractivity contribution < 1.29 is 4.74 Å². The van der Waals surface area contributed by atoms with Crippen molar-refractivity contribution >= 4 is 11.3 Å². The molecule has 0 saturated carbocycles. The Bertz CT molecular complexity index is 623. The zero-order valence-corrected chi connectivity index (χ0v) is 13.2. The van der Waals surface area contributed by atoms with Crippen LogP contribution in [0.4, 0.5) is 0 Å². The fourth-order valence-electron chi connectivity index (χ4n) is 3.44. The lowest BCUT2D eigenvalue weighted by molar-refractivity contribution is 0.0327. The van der Waals surface area contributed by atoms with E-state index in [1.807, 2.05) is 18.3 Å². The molecule has 21 heavy (non-hydrogen) atoms. The molecule has 2 saturated heterocycles. The number of rotatable bonds is 3. The fraction of sp³-hybridized carbons (Fsp3) is 0.600. The van der Waals surface area contributed by atoms with Crippen LogP contribution in [0.2, 0.25) is 0 Å². The second kappa shape index (κ2) is 5.19. The molecule has 6 heteroatoms. The lowest BCUT2D eigenvalue weighted by Gasteiger charge is -2.17. The Morgan fingerprint density at radius 3 is 2.95 bits per heavy atom. The Balaban J connectivity index is 1.37. The molecule has 0 spiro atoms. The molecular formula is C15H20N4OS. The van der Waals surface area contributed by atoms with Gasteiger partial charge in [-0.05, 0) is 32.4 Å². The lowest BCUT2D eigenvalue weighted by atomic mass is 10.0. The Hall–Kier alpha value is -1.24. The van der Waals surface area contributed by atoms with E-state index in [0.717, 1.165) is 37.7 Å². The smallest absolute Gasteiger partial charge is 0.179 e. The Labute approximate surface area is 128 Å². The van der Waals surface area contributed by atoms with Crippen LogP contribution in [0.25, 0.3) is 0 Å². The van der Waals surface area contributed by atoms with Gasteiger partial charge in [0.05, 0.1) is 6.10 Å². The third-order valence-electron chi connectivity index (χ3n) is 4.39. The van der Waals surface area contributed by atoms with Gasteiger partial charge < -0.3 is 4.74 Å². The van der Waals surface area contributed by atoms with Crippen molar-refractivity contribution in [2.45, 2.75) is 39.0 Å². The molecule has 0 amide bonds. The van der Waals surface area contributed by atoms with Crippen molar-refractivity contribution in [3.63, 3.8) is 0 Å². The van der Waals surface area contributed by atoms with Gasteiger partial charge in [-0.15, -0.1) is 11.3 Å². The molecule has 4 rings (SSSR count).